The topological polar surface area (TPSA) is 26.0 Å². The van der Waals surface area contributed by atoms with Crippen LogP contribution in [0.2, 0.25) is 0 Å². The highest BCUT2D eigenvalue weighted by Gasteiger charge is 2.22. The van der Waals surface area contributed by atoms with Crippen LogP contribution in [0.15, 0.2) is 6.07 Å². The van der Waals surface area contributed by atoms with Crippen molar-refractivity contribution in [1.82, 2.24) is 0 Å². The van der Waals surface area contributed by atoms with E-state index < -0.39 is 11.6 Å². The van der Waals surface area contributed by atoms with E-state index >= 15 is 0 Å². The molecule has 0 saturated heterocycles. The molecule has 0 saturated carbocycles. The maximum absolute atomic E-state index is 13.6. The summed E-state index contributed by atoms with van der Waals surface area (Å²) in [6, 6.07) is 0.763. The lowest BCUT2D eigenvalue weighted by molar-refractivity contribution is 0.556. The molecule has 1 aromatic rings. The van der Waals surface area contributed by atoms with Crippen LogP contribution in [0.3, 0.4) is 0 Å². The minimum atomic E-state index is -0.483. The molecule has 0 spiro atoms. The van der Waals surface area contributed by atoms with Crippen LogP contribution in [-0.2, 0) is 6.42 Å². The lowest BCUT2D eigenvalue weighted by Gasteiger charge is -2.16. The number of rotatable bonds is 0. The number of halogens is 2. The molecule has 1 aromatic carbocycles. The van der Waals surface area contributed by atoms with Gasteiger partial charge in [0.15, 0.2) is 0 Å². The van der Waals surface area contributed by atoms with Gasteiger partial charge in [0.2, 0.25) is 0 Å². The van der Waals surface area contributed by atoms with E-state index in [0.29, 0.717) is 23.1 Å². The summed E-state index contributed by atoms with van der Waals surface area (Å²) in [5.74, 6) is -0.922. The van der Waals surface area contributed by atoms with Crippen LogP contribution < -0.4 is 5.73 Å². The van der Waals surface area contributed by atoms with Gasteiger partial charge in [-0.15, -0.1) is 0 Å². The monoisotopic (exact) mass is 211 g/mol. The third-order valence-corrected chi connectivity index (χ3v) is 3.19. The highest BCUT2D eigenvalue weighted by molar-refractivity contribution is 5.39. The van der Waals surface area contributed by atoms with Crippen molar-refractivity contribution in [3.63, 3.8) is 0 Å². The van der Waals surface area contributed by atoms with Crippen molar-refractivity contribution in [2.75, 3.05) is 0 Å². The highest BCUT2D eigenvalue weighted by Crippen LogP contribution is 2.32. The molecule has 0 amide bonds. The number of nitrogens with two attached hydrogens (primary N) is 1. The summed E-state index contributed by atoms with van der Waals surface area (Å²) < 4.78 is 26.9. The number of benzene rings is 1. The van der Waals surface area contributed by atoms with Gasteiger partial charge in [-0.05, 0) is 42.9 Å². The van der Waals surface area contributed by atoms with Gasteiger partial charge in [-0.1, -0.05) is 6.42 Å². The zero-order valence-corrected chi connectivity index (χ0v) is 8.82. The Labute approximate surface area is 88.3 Å². The van der Waals surface area contributed by atoms with Crippen LogP contribution in [0.4, 0.5) is 8.78 Å². The second kappa shape index (κ2) is 3.89. The van der Waals surface area contributed by atoms with Crippen molar-refractivity contribution in [2.45, 2.75) is 38.6 Å². The Balaban J connectivity index is 2.63. The van der Waals surface area contributed by atoms with Crippen molar-refractivity contribution in [2.24, 2.45) is 5.73 Å². The fraction of sp³-hybridized carbons (Fsp3) is 0.500. The van der Waals surface area contributed by atoms with Gasteiger partial charge in [-0.25, -0.2) is 8.78 Å². The van der Waals surface area contributed by atoms with Gasteiger partial charge < -0.3 is 5.73 Å². The molecule has 2 rings (SSSR count). The van der Waals surface area contributed by atoms with Crippen LogP contribution in [0, 0.1) is 18.6 Å². The lowest BCUT2D eigenvalue weighted by Crippen LogP contribution is -2.14. The first-order valence-corrected chi connectivity index (χ1v) is 5.34. The smallest absolute Gasteiger partial charge is 0.129 e. The van der Waals surface area contributed by atoms with Crippen LogP contribution in [0.25, 0.3) is 0 Å². The van der Waals surface area contributed by atoms with Gasteiger partial charge in [0.1, 0.15) is 11.6 Å². The molecule has 15 heavy (non-hydrogen) atoms. The maximum atomic E-state index is 13.6. The Morgan fingerprint density at radius 3 is 2.73 bits per heavy atom. The highest BCUT2D eigenvalue weighted by atomic mass is 19.1. The Hall–Kier alpha value is -0.960. The van der Waals surface area contributed by atoms with Crippen molar-refractivity contribution in [3.05, 3.63) is 34.4 Å². The first-order chi connectivity index (χ1) is 7.11. The largest absolute Gasteiger partial charge is 0.324 e. The van der Waals surface area contributed by atoms with E-state index in [9.17, 15) is 8.78 Å². The first kappa shape index (κ1) is 10.6. The van der Waals surface area contributed by atoms with Crippen molar-refractivity contribution in [3.8, 4) is 0 Å². The second-order valence-corrected chi connectivity index (χ2v) is 4.21. The third-order valence-electron chi connectivity index (χ3n) is 3.19. The molecule has 1 aliphatic rings. The SMILES string of the molecule is Cc1c(F)cc(F)c2c1[C@H](N)CCCC2. The van der Waals surface area contributed by atoms with Gasteiger partial charge in [-0.2, -0.15) is 0 Å². The molecule has 1 atom stereocenters. The summed E-state index contributed by atoms with van der Waals surface area (Å²) in [6.45, 7) is 1.68. The van der Waals surface area contributed by atoms with E-state index in [2.05, 4.69) is 0 Å². The number of hydrogen-bond acceptors (Lipinski definition) is 1. The predicted molar refractivity (Wildman–Crippen MR) is 55.6 cm³/mol. The molecule has 1 aliphatic carbocycles. The van der Waals surface area contributed by atoms with E-state index in [4.69, 9.17) is 5.73 Å². The van der Waals surface area contributed by atoms with Gasteiger partial charge in [-0.3, -0.25) is 0 Å². The van der Waals surface area contributed by atoms with Gasteiger partial charge >= 0.3 is 0 Å². The average Bonchev–Trinajstić information content (AvgIpc) is 2.37. The number of fused-ring (bicyclic) bond motifs is 1. The van der Waals surface area contributed by atoms with Gasteiger partial charge in [0, 0.05) is 12.1 Å². The fourth-order valence-corrected chi connectivity index (χ4v) is 2.36. The molecule has 0 bridgehead atoms. The van der Waals surface area contributed by atoms with E-state index in [1.54, 1.807) is 6.92 Å². The lowest BCUT2D eigenvalue weighted by atomic mass is 9.94. The molecule has 0 unspecified atom stereocenters. The minimum Gasteiger partial charge on any atom is -0.324 e. The Kier molecular flexibility index (Phi) is 2.74. The molecule has 82 valence electrons. The molecule has 2 N–H and O–H groups in total. The van der Waals surface area contributed by atoms with E-state index in [1.807, 2.05) is 0 Å². The third kappa shape index (κ3) is 1.76. The molecule has 3 heteroatoms. The molecule has 0 aliphatic heterocycles. The van der Waals surface area contributed by atoms with Crippen LogP contribution >= 0.6 is 0 Å². The molecule has 0 aromatic heterocycles. The predicted octanol–water partition coefficient (Wildman–Crippen LogP) is 3.00. The fourth-order valence-electron chi connectivity index (χ4n) is 2.36. The first-order valence-electron chi connectivity index (χ1n) is 5.34. The summed E-state index contributed by atoms with van der Waals surface area (Å²) in [5.41, 5.74) is 7.79. The molecule has 1 nitrogen and oxygen atoms in total. The summed E-state index contributed by atoms with van der Waals surface area (Å²) in [4.78, 5) is 0. The standard InChI is InChI=1S/C12H15F2N/c1-7-9(13)6-10(14)8-4-2-3-5-11(15)12(7)8/h6,11H,2-5,15H2,1H3/t11-/m1/s1. The minimum absolute atomic E-state index is 0.215. The Bertz CT molecular complexity index is 388. The summed E-state index contributed by atoms with van der Waals surface area (Å²) in [7, 11) is 0. The quantitative estimate of drug-likeness (QED) is 0.656. The number of hydrogen-bond donors (Lipinski definition) is 1. The summed E-state index contributed by atoms with van der Waals surface area (Å²) >= 11 is 0. The molecular weight excluding hydrogens is 196 g/mol. The van der Waals surface area contributed by atoms with E-state index in [-0.39, 0.29) is 6.04 Å². The summed E-state index contributed by atoms with van der Waals surface area (Å²) in [6.07, 6.45) is 3.41. The van der Waals surface area contributed by atoms with Crippen LogP contribution in [0.1, 0.15) is 42.0 Å². The second-order valence-electron chi connectivity index (χ2n) is 4.21. The zero-order valence-electron chi connectivity index (χ0n) is 8.82. The van der Waals surface area contributed by atoms with Crippen molar-refractivity contribution < 1.29 is 8.78 Å². The maximum Gasteiger partial charge on any atom is 0.129 e. The van der Waals surface area contributed by atoms with E-state index in [0.717, 1.165) is 25.3 Å². The molecule has 0 heterocycles. The van der Waals surface area contributed by atoms with Gasteiger partial charge in [0.05, 0.1) is 0 Å². The average molecular weight is 211 g/mol. The normalized spacial score (nSPS) is 20.9. The Morgan fingerprint density at radius 2 is 2.00 bits per heavy atom. The van der Waals surface area contributed by atoms with E-state index in [1.165, 1.54) is 0 Å². The molecule has 0 fully saturated rings. The van der Waals surface area contributed by atoms with Gasteiger partial charge in [0.25, 0.3) is 0 Å². The van der Waals surface area contributed by atoms with Crippen molar-refractivity contribution in [1.29, 1.82) is 0 Å². The zero-order chi connectivity index (χ0) is 11.0. The summed E-state index contributed by atoms with van der Waals surface area (Å²) in [5, 5.41) is 0. The molecule has 0 radical (unpaired) electrons. The van der Waals surface area contributed by atoms with Crippen LogP contribution in [-0.4, -0.2) is 0 Å². The Morgan fingerprint density at radius 1 is 1.27 bits per heavy atom. The van der Waals surface area contributed by atoms with Crippen LogP contribution in [0.5, 0.6) is 0 Å². The van der Waals surface area contributed by atoms with Crippen molar-refractivity contribution >= 4 is 0 Å². The molecular formula is C12H15F2N.